The molecule has 4 aromatic rings. The van der Waals surface area contributed by atoms with Crippen LogP contribution in [0.15, 0.2) is 40.8 Å². The average molecular weight is 485 g/mol. The van der Waals surface area contributed by atoms with Gasteiger partial charge in [-0.3, -0.25) is 0 Å². The number of tetrazole rings is 1. The Morgan fingerprint density at radius 1 is 1.03 bits per heavy atom. The molecule has 0 saturated heterocycles. The lowest BCUT2D eigenvalue weighted by Crippen LogP contribution is -2.13. The van der Waals surface area contributed by atoms with Crippen molar-refractivity contribution in [2.75, 3.05) is 5.32 Å². The van der Waals surface area contributed by atoms with Crippen molar-refractivity contribution >= 4 is 16.7 Å². The highest BCUT2D eigenvalue weighted by molar-refractivity contribution is 5.88. The first-order chi connectivity index (χ1) is 15.9. The minimum atomic E-state index is -4.74. The molecule has 13 heteroatoms. The minimum Gasteiger partial charge on any atom is -0.490 e. The molecule has 0 amide bonds. The fourth-order valence-electron chi connectivity index (χ4n) is 3.37. The summed E-state index contributed by atoms with van der Waals surface area (Å²) >= 11 is 0. The van der Waals surface area contributed by atoms with Gasteiger partial charge in [-0.25, -0.2) is 0 Å². The number of fused-ring (bicyclic) bond motifs is 1. The van der Waals surface area contributed by atoms with E-state index in [1.54, 1.807) is 13.8 Å². The van der Waals surface area contributed by atoms with E-state index >= 15 is 0 Å². The number of halogens is 6. The largest absolute Gasteiger partial charge is 0.490 e. The molecule has 180 valence electrons. The summed E-state index contributed by atoms with van der Waals surface area (Å²) in [6.07, 6.45) is -9.82. The van der Waals surface area contributed by atoms with Gasteiger partial charge in [-0.1, -0.05) is 12.1 Å². The minimum absolute atomic E-state index is 0.0250. The molecular formula is C21H17F6N5O2. The third-order valence-electron chi connectivity index (χ3n) is 4.73. The Morgan fingerprint density at radius 3 is 2.41 bits per heavy atom. The number of H-pyrrole nitrogens is 1. The number of aromatic amines is 1. The quantitative estimate of drug-likeness (QED) is 0.323. The number of nitrogens with zero attached hydrogens (tertiary/aromatic N) is 3. The van der Waals surface area contributed by atoms with Gasteiger partial charge < -0.3 is 14.5 Å². The van der Waals surface area contributed by atoms with Gasteiger partial charge in [0, 0.05) is 17.6 Å². The second-order valence-corrected chi connectivity index (χ2v) is 7.60. The Kier molecular flexibility index (Phi) is 5.87. The first kappa shape index (κ1) is 23.4. The standard InChI is InChI=1S/C21H17F6N5O2/c1-10(2)33-15-6-4-12(8-14(15)20(22,23)24)28-9-11-3-5-13-16(7-11)34-18(17(13)21(25,26)27)19-29-31-32-30-19/h3-8,10,28H,9H2,1-2H3,(H,29,30,31,32). The summed E-state index contributed by atoms with van der Waals surface area (Å²) in [5.74, 6) is -1.23. The van der Waals surface area contributed by atoms with Crippen molar-refractivity contribution in [3.8, 4) is 17.3 Å². The van der Waals surface area contributed by atoms with Crippen LogP contribution in [-0.4, -0.2) is 26.7 Å². The van der Waals surface area contributed by atoms with E-state index < -0.39 is 35.3 Å². The van der Waals surface area contributed by atoms with Gasteiger partial charge in [-0.05, 0) is 48.9 Å². The number of rotatable bonds is 6. The number of aromatic nitrogens is 4. The van der Waals surface area contributed by atoms with E-state index in [9.17, 15) is 26.3 Å². The molecule has 2 heterocycles. The Bertz CT molecular complexity index is 1300. The highest BCUT2D eigenvalue weighted by atomic mass is 19.4. The van der Waals surface area contributed by atoms with E-state index in [4.69, 9.17) is 9.15 Å². The number of alkyl halides is 6. The van der Waals surface area contributed by atoms with Crippen molar-refractivity contribution < 1.29 is 35.5 Å². The number of anilines is 1. The summed E-state index contributed by atoms with van der Waals surface area (Å²) in [7, 11) is 0. The maximum absolute atomic E-state index is 13.7. The SMILES string of the molecule is CC(C)Oc1ccc(NCc2ccc3c(C(F)(F)F)c(-c4nn[nH]n4)oc3c2)cc1C(F)(F)F. The second kappa shape index (κ2) is 8.54. The van der Waals surface area contributed by atoms with Crippen LogP contribution in [0.25, 0.3) is 22.6 Å². The summed E-state index contributed by atoms with van der Waals surface area (Å²) in [5.41, 5.74) is -1.42. The van der Waals surface area contributed by atoms with Gasteiger partial charge >= 0.3 is 12.4 Å². The number of furan rings is 1. The topological polar surface area (TPSA) is 88.9 Å². The summed E-state index contributed by atoms with van der Waals surface area (Å²) in [6.45, 7) is 3.26. The predicted molar refractivity (Wildman–Crippen MR) is 109 cm³/mol. The summed E-state index contributed by atoms with van der Waals surface area (Å²) < 4.78 is 91.9. The number of hydrogen-bond donors (Lipinski definition) is 2. The molecule has 0 bridgehead atoms. The van der Waals surface area contributed by atoms with Gasteiger partial charge in [0.25, 0.3) is 0 Å². The molecular weight excluding hydrogens is 468 g/mol. The Labute approximate surface area is 188 Å². The van der Waals surface area contributed by atoms with E-state index in [0.717, 1.165) is 6.07 Å². The van der Waals surface area contributed by atoms with E-state index in [1.807, 2.05) is 0 Å². The first-order valence-electron chi connectivity index (χ1n) is 9.91. The van der Waals surface area contributed by atoms with Crippen molar-refractivity contribution in [1.29, 1.82) is 0 Å². The smallest absolute Gasteiger partial charge is 0.420 e. The zero-order chi connectivity index (χ0) is 24.7. The van der Waals surface area contributed by atoms with Gasteiger partial charge in [0.15, 0.2) is 5.76 Å². The molecule has 0 spiro atoms. The van der Waals surface area contributed by atoms with Crippen LogP contribution in [0.5, 0.6) is 5.75 Å². The zero-order valence-electron chi connectivity index (χ0n) is 17.7. The van der Waals surface area contributed by atoms with Crippen LogP contribution in [-0.2, 0) is 18.9 Å². The number of ether oxygens (including phenoxy) is 1. The molecule has 0 radical (unpaired) electrons. The fraction of sp³-hybridized carbons (Fsp3) is 0.286. The lowest BCUT2D eigenvalue weighted by atomic mass is 10.1. The highest BCUT2D eigenvalue weighted by Crippen LogP contribution is 2.43. The van der Waals surface area contributed by atoms with Crippen molar-refractivity contribution in [2.24, 2.45) is 0 Å². The molecule has 0 unspecified atom stereocenters. The lowest BCUT2D eigenvalue weighted by molar-refractivity contribution is -0.139. The summed E-state index contributed by atoms with van der Waals surface area (Å²) in [4.78, 5) is 0. The van der Waals surface area contributed by atoms with E-state index in [1.165, 1.54) is 30.3 Å². The number of benzene rings is 2. The maximum atomic E-state index is 13.7. The lowest BCUT2D eigenvalue weighted by Gasteiger charge is -2.18. The van der Waals surface area contributed by atoms with E-state index in [0.29, 0.717) is 5.56 Å². The fourth-order valence-corrected chi connectivity index (χ4v) is 3.37. The zero-order valence-corrected chi connectivity index (χ0v) is 17.7. The van der Waals surface area contributed by atoms with E-state index in [-0.39, 0.29) is 34.8 Å². The molecule has 0 saturated carbocycles. The Morgan fingerprint density at radius 2 is 1.79 bits per heavy atom. The maximum Gasteiger partial charge on any atom is 0.420 e. The molecule has 0 aliphatic heterocycles. The molecule has 34 heavy (non-hydrogen) atoms. The third kappa shape index (κ3) is 4.77. The molecule has 2 N–H and O–H groups in total. The average Bonchev–Trinajstić information content (AvgIpc) is 3.38. The summed E-state index contributed by atoms with van der Waals surface area (Å²) in [5, 5.41) is 15.1. The monoisotopic (exact) mass is 485 g/mol. The van der Waals surface area contributed by atoms with Gasteiger partial charge in [0.2, 0.25) is 5.82 Å². The normalized spacial score (nSPS) is 12.5. The molecule has 0 aliphatic rings. The molecule has 4 rings (SSSR count). The number of nitrogens with one attached hydrogen (secondary N) is 2. The van der Waals surface area contributed by atoms with Crippen LogP contribution >= 0.6 is 0 Å². The molecule has 0 atom stereocenters. The molecule has 0 fully saturated rings. The van der Waals surface area contributed by atoms with Gasteiger partial charge in [0.05, 0.1) is 11.7 Å². The van der Waals surface area contributed by atoms with Crippen LogP contribution in [0.1, 0.15) is 30.5 Å². The van der Waals surface area contributed by atoms with Crippen LogP contribution < -0.4 is 10.1 Å². The molecule has 2 aromatic heterocycles. The number of hydrogen-bond acceptors (Lipinski definition) is 6. The van der Waals surface area contributed by atoms with Gasteiger partial charge in [0.1, 0.15) is 16.9 Å². The van der Waals surface area contributed by atoms with Crippen molar-refractivity contribution in [3.05, 3.63) is 53.1 Å². The predicted octanol–water partition coefficient (Wildman–Crippen LogP) is 6.05. The third-order valence-corrected chi connectivity index (χ3v) is 4.73. The Hall–Kier alpha value is -3.77. The van der Waals surface area contributed by atoms with Gasteiger partial charge in [-0.15, -0.1) is 10.2 Å². The van der Waals surface area contributed by atoms with Crippen molar-refractivity contribution in [2.45, 2.75) is 38.8 Å². The van der Waals surface area contributed by atoms with Crippen LogP contribution in [0.4, 0.5) is 32.0 Å². The van der Waals surface area contributed by atoms with Crippen LogP contribution in [0, 0.1) is 0 Å². The Balaban J connectivity index is 1.62. The van der Waals surface area contributed by atoms with E-state index in [2.05, 4.69) is 25.9 Å². The highest BCUT2D eigenvalue weighted by Gasteiger charge is 2.40. The summed E-state index contributed by atoms with van der Waals surface area (Å²) in [6, 6.07) is 7.56. The molecule has 2 aromatic carbocycles. The molecule has 0 aliphatic carbocycles. The molecule has 7 nitrogen and oxygen atoms in total. The van der Waals surface area contributed by atoms with Crippen molar-refractivity contribution in [3.63, 3.8) is 0 Å². The van der Waals surface area contributed by atoms with Crippen molar-refractivity contribution in [1.82, 2.24) is 20.6 Å². The van der Waals surface area contributed by atoms with Crippen LogP contribution in [0.3, 0.4) is 0 Å². The second-order valence-electron chi connectivity index (χ2n) is 7.60. The first-order valence-corrected chi connectivity index (χ1v) is 9.91. The van der Waals surface area contributed by atoms with Crippen LogP contribution in [0.2, 0.25) is 0 Å². The van der Waals surface area contributed by atoms with Gasteiger partial charge in [-0.2, -0.15) is 31.6 Å².